The molecule has 0 radical (unpaired) electrons. The summed E-state index contributed by atoms with van der Waals surface area (Å²) in [6.07, 6.45) is 4.62. The van der Waals surface area contributed by atoms with Gasteiger partial charge in [-0.1, -0.05) is 12.8 Å². The number of benzene rings is 1. The number of carbonyl (C=O) groups excluding carboxylic acids is 1. The summed E-state index contributed by atoms with van der Waals surface area (Å²) < 4.78 is 0. The molecule has 0 aliphatic heterocycles. The molecule has 0 spiro atoms. The summed E-state index contributed by atoms with van der Waals surface area (Å²) in [6, 6.07) is 9.51. The number of nitrogens with zero attached hydrogens (tertiary/aromatic N) is 2. The molecule has 1 atom stereocenters. The molecule has 4 heteroatoms. The number of amides is 1. The minimum Gasteiger partial charge on any atom is -0.363 e. The molecule has 1 N–H and O–H groups in total. The summed E-state index contributed by atoms with van der Waals surface area (Å²) in [5.74, 6) is 0.0729. The predicted octanol–water partition coefficient (Wildman–Crippen LogP) is 2.44. The molecule has 106 valence electrons. The van der Waals surface area contributed by atoms with E-state index >= 15 is 0 Å². The quantitative estimate of drug-likeness (QED) is 0.915. The summed E-state index contributed by atoms with van der Waals surface area (Å²) in [7, 11) is 1.90. The third-order valence-electron chi connectivity index (χ3n) is 4.07. The second kappa shape index (κ2) is 6.42. The fraction of sp³-hybridized carbons (Fsp3) is 0.500. The Morgan fingerprint density at radius 3 is 2.50 bits per heavy atom. The zero-order chi connectivity index (χ0) is 14.5. The van der Waals surface area contributed by atoms with Gasteiger partial charge in [0.2, 0.25) is 5.91 Å². The van der Waals surface area contributed by atoms with E-state index in [1.807, 2.05) is 31.0 Å². The molecule has 2 rings (SSSR count). The van der Waals surface area contributed by atoms with Crippen LogP contribution >= 0.6 is 0 Å². The molecule has 1 unspecified atom stereocenters. The molecule has 1 aromatic rings. The van der Waals surface area contributed by atoms with E-state index in [0.717, 1.165) is 18.5 Å². The van der Waals surface area contributed by atoms with Gasteiger partial charge in [-0.15, -0.1) is 0 Å². The van der Waals surface area contributed by atoms with E-state index in [1.165, 1.54) is 12.8 Å². The maximum absolute atomic E-state index is 12.2. The fourth-order valence-corrected chi connectivity index (χ4v) is 2.56. The molecular formula is C16H21N3O. The molecule has 1 fully saturated rings. The Hall–Kier alpha value is -2.02. The molecule has 1 aliphatic rings. The molecule has 0 aromatic heterocycles. The SMILES string of the molecule is CC(C(=O)NC1CCCC1)N(C)c1ccc(C#N)cc1. The third kappa shape index (κ3) is 3.30. The smallest absolute Gasteiger partial charge is 0.242 e. The number of nitrogens with one attached hydrogen (secondary N) is 1. The molecule has 20 heavy (non-hydrogen) atoms. The van der Waals surface area contributed by atoms with Crippen molar-refractivity contribution in [3.8, 4) is 6.07 Å². The first-order valence-corrected chi connectivity index (χ1v) is 7.15. The Balaban J connectivity index is 1.97. The van der Waals surface area contributed by atoms with E-state index in [-0.39, 0.29) is 11.9 Å². The van der Waals surface area contributed by atoms with Crippen LogP contribution in [0, 0.1) is 11.3 Å². The number of hydrogen-bond acceptors (Lipinski definition) is 3. The van der Waals surface area contributed by atoms with Gasteiger partial charge in [-0.3, -0.25) is 4.79 Å². The van der Waals surface area contributed by atoms with Crippen molar-refractivity contribution in [3.63, 3.8) is 0 Å². The largest absolute Gasteiger partial charge is 0.363 e. The second-order valence-corrected chi connectivity index (χ2v) is 5.44. The van der Waals surface area contributed by atoms with Gasteiger partial charge in [-0.05, 0) is 44.0 Å². The average molecular weight is 271 g/mol. The van der Waals surface area contributed by atoms with Gasteiger partial charge in [0.25, 0.3) is 0 Å². The summed E-state index contributed by atoms with van der Waals surface area (Å²) in [5, 5.41) is 11.9. The maximum atomic E-state index is 12.2. The van der Waals surface area contributed by atoms with Crippen LogP contribution in [-0.2, 0) is 4.79 Å². The molecule has 0 heterocycles. The Morgan fingerprint density at radius 1 is 1.35 bits per heavy atom. The van der Waals surface area contributed by atoms with E-state index in [4.69, 9.17) is 5.26 Å². The zero-order valence-electron chi connectivity index (χ0n) is 12.1. The van der Waals surface area contributed by atoms with Gasteiger partial charge in [0.1, 0.15) is 6.04 Å². The lowest BCUT2D eigenvalue weighted by Gasteiger charge is -2.27. The Kier molecular flexibility index (Phi) is 4.62. The normalized spacial score (nSPS) is 16.4. The van der Waals surface area contributed by atoms with Crippen molar-refractivity contribution in [2.45, 2.75) is 44.7 Å². The van der Waals surface area contributed by atoms with Gasteiger partial charge in [-0.25, -0.2) is 0 Å². The lowest BCUT2D eigenvalue weighted by Crippen LogP contribution is -2.46. The predicted molar refractivity (Wildman–Crippen MR) is 79.4 cm³/mol. The van der Waals surface area contributed by atoms with Crippen molar-refractivity contribution in [3.05, 3.63) is 29.8 Å². The van der Waals surface area contributed by atoms with Crippen molar-refractivity contribution in [2.24, 2.45) is 0 Å². The van der Waals surface area contributed by atoms with Crippen LogP contribution in [-0.4, -0.2) is 25.0 Å². The van der Waals surface area contributed by atoms with E-state index in [9.17, 15) is 4.79 Å². The highest BCUT2D eigenvalue weighted by atomic mass is 16.2. The highest BCUT2D eigenvalue weighted by molar-refractivity contribution is 5.85. The van der Waals surface area contributed by atoms with E-state index in [1.54, 1.807) is 12.1 Å². The molecule has 1 aromatic carbocycles. The first-order chi connectivity index (χ1) is 9.61. The van der Waals surface area contributed by atoms with Crippen LogP contribution in [0.25, 0.3) is 0 Å². The van der Waals surface area contributed by atoms with E-state index in [0.29, 0.717) is 11.6 Å². The van der Waals surface area contributed by atoms with Crippen molar-refractivity contribution >= 4 is 11.6 Å². The van der Waals surface area contributed by atoms with Crippen LogP contribution in [0.3, 0.4) is 0 Å². The summed E-state index contributed by atoms with van der Waals surface area (Å²) in [5.41, 5.74) is 1.57. The molecule has 0 saturated heterocycles. The highest BCUT2D eigenvalue weighted by Gasteiger charge is 2.23. The van der Waals surface area contributed by atoms with E-state index in [2.05, 4.69) is 11.4 Å². The number of hydrogen-bond donors (Lipinski definition) is 1. The highest BCUT2D eigenvalue weighted by Crippen LogP contribution is 2.19. The zero-order valence-corrected chi connectivity index (χ0v) is 12.1. The molecule has 1 saturated carbocycles. The number of nitriles is 1. The lowest BCUT2D eigenvalue weighted by molar-refractivity contribution is -0.122. The molecular weight excluding hydrogens is 250 g/mol. The number of likely N-dealkylation sites (N-methyl/N-ethyl adjacent to an activating group) is 1. The van der Waals surface area contributed by atoms with Crippen LogP contribution in [0.2, 0.25) is 0 Å². The van der Waals surface area contributed by atoms with Crippen molar-refractivity contribution < 1.29 is 4.79 Å². The standard InChI is InChI=1S/C16H21N3O/c1-12(16(20)18-14-5-3-4-6-14)19(2)15-9-7-13(11-17)8-10-15/h7-10,12,14H,3-6H2,1-2H3,(H,18,20). The van der Waals surface area contributed by atoms with Crippen molar-refractivity contribution in [2.75, 3.05) is 11.9 Å². The first kappa shape index (κ1) is 14.4. The van der Waals surface area contributed by atoms with Crippen LogP contribution in [0.15, 0.2) is 24.3 Å². The lowest BCUT2D eigenvalue weighted by atomic mass is 10.1. The van der Waals surface area contributed by atoms with Gasteiger partial charge in [0.05, 0.1) is 11.6 Å². The van der Waals surface area contributed by atoms with Crippen molar-refractivity contribution in [1.82, 2.24) is 5.32 Å². The molecule has 1 aliphatic carbocycles. The Morgan fingerprint density at radius 2 is 1.95 bits per heavy atom. The number of carbonyl (C=O) groups is 1. The summed E-state index contributed by atoms with van der Waals surface area (Å²) in [4.78, 5) is 14.2. The first-order valence-electron chi connectivity index (χ1n) is 7.15. The summed E-state index contributed by atoms with van der Waals surface area (Å²) in [6.45, 7) is 1.91. The Labute approximate surface area is 120 Å². The fourth-order valence-electron chi connectivity index (χ4n) is 2.56. The van der Waals surface area contributed by atoms with Gasteiger partial charge in [0, 0.05) is 18.8 Å². The van der Waals surface area contributed by atoms with Crippen LogP contribution in [0.5, 0.6) is 0 Å². The van der Waals surface area contributed by atoms with Crippen LogP contribution in [0.1, 0.15) is 38.2 Å². The van der Waals surface area contributed by atoms with Crippen LogP contribution in [0.4, 0.5) is 5.69 Å². The van der Waals surface area contributed by atoms with E-state index < -0.39 is 0 Å². The Bertz CT molecular complexity index is 497. The molecule has 0 bridgehead atoms. The number of rotatable bonds is 4. The number of anilines is 1. The molecule has 1 amide bonds. The average Bonchev–Trinajstić information content (AvgIpc) is 2.98. The van der Waals surface area contributed by atoms with Gasteiger partial charge >= 0.3 is 0 Å². The summed E-state index contributed by atoms with van der Waals surface area (Å²) >= 11 is 0. The molecule has 4 nitrogen and oxygen atoms in total. The minimum atomic E-state index is -0.219. The van der Waals surface area contributed by atoms with Gasteiger partial charge in [-0.2, -0.15) is 5.26 Å². The van der Waals surface area contributed by atoms with Crippen LogP contribution < -0.4 is 10.2 Å². The minimum absolute atomic E-state index is 0.0729. The van der Waals surface area contributed by atoms with Gasteiger partial charge in [0.15, 0.2) is 0 Å². The maximum Gasteiger partial charge on any atom is 0.242 e. The second-order valence-electron chi connectivity index (χ2n) is 5.44. The monoisotopic (exact) mass is 271 g/mol. The van der Waals surface area contributed by atoms with Gasteiger partial charge < -0.3 is 10.2 Å². The van der Waals surface area contributed by atoms with Crippen molar-refractivity contribution in [1.29, 1.82) is 5.26 Å². The topological polar surface area (TPSA) is 56.1 Å². The third-order valence-corrected chi connectivity index (χ3v) is 4.07.